The Balaban J connectivity index is 1.79. The van der Waals surface area contributed by atoms with Gasteiger partial charge in [-0.2, -0.15) is 5.10 Å². The Morgan fingerprint density at radius 1 is 0.938 bits per heavy atom. The van der Waals surface area contributed by atoms with Crippen molar-refractivity contribution in [3.63, 3.8) is 0 Å². The average molecular weight is 447 g/mol. The van der Waals surface area contributed by atoms with E-state index >= 15 is 0 Å². The van der Waals surface area contributed by atoms with Crippen LogP contribution in [0.5, 0.6) is 0 Å². The first kappa shape index (κ1) is 21.5. The zero-order chi connectivity index (χ0) is 22.8. The lowest BCUT2D eigenvalue weighted by Crippen LogP contribution is -2.39. The largest absolute Gasteiger partial charge is 0.325 e. The predicted molar refractivity (Wildman–Crippen MR) is 123 cm³/mol. The van der Waals surface area contributed by atoms with Gasteiger partial charge >= 0.3 is 0 Å². The van der Waals surface area contributed by atoms with Crippen LogP contribution in [0.25, 0.3) is 11.3 Å². The Bertz CT molecular complexity index is 1340. The second-order valence-electron chi connectivity index (χ2n) is 7.55. The number of H-pyrrole nitrogens is 1. The van der Waals surface area contributed by atoms with Gasteiger partial charge in [0.15, 0.2) is 0 Å². The summed E-state index contributed by atoms with van der Waals surface area (Å²) < 4.78 is 23.4. The Labute approximate surface area is 186 Å². The number of nitrogens with one attached hydrogen (secondary N) is 2. The molecule has 3 aromatic carbocycles. The van der Waals surface area contributed by atoms with Gasteiger partial charge in [-0.05, 0) is 42.8 Å². The minimum absolute atomic E-state index is 0.0262. The van der Waals surface area contributed by atoms with E-state index in [1.807, 2.05) is 54.6 Å². The number of sulfonamides is 1. The van der Waals surface area contributed by atoms with E-state index in [4.69, 9.17) is 5.14 Å². The van der Waals surface area contributed by atoms with E-state index in [1.54, 1.807) is 31.2 Å². The van der Waals surface area contributed by atoms with Gasteiger partial charge < -0.3 is 5.32 Å². The van der Waals surface area contributed by atoms with Crippen molar-refractivity contribution in [1.29, 1.82) is 0 Å². The molecule has 162 valence electrons. The Morgan fingerprint density at radius 2 is 1.53 bits per heavy atom. The molecular weight excluding hydrogens is 424 g/mol. The second kappa shape index (κ2) is 8.41. The van der Waals surface area contributed by atoms with Crippen molar-refractivity contribution in [2.45, 2.75) is 17.2 Å². The summed E-state index contributed by atoms with van der Waals surface area (Å²) in [5.41, 5.74) is 2.21. The van der Waals surface area contributed by atoms with Gasteiger partial charge in [-0.1, -0.05) is 60.7 Å². The summed E-state index contributed by atoms with van der Waals surface area (Å²) in [5.74, 6) is -0.296. The van der Waals surface area contributed by atoms with E-state index in [-0.39, 0.29) is 10.8 Å². The van der Waals surface area contributed by atoms with Gasteiger partial charge in [-0.3, -0.25) is 9.89 Å². The standard InChI is InChI=1S/C24H22N4O3S/c1-24(23(29)26-19-10-6-3-7-11-19,18-12-14-20(15-13-18)32(25,30)31)22-16-21(27-28-22)17-8-4-2-5-9-17/h2-16H,1H3,(H,26,29)(H,27,28)(H2,25,30,31). The fourth-order valence-electron chi connectivity index (χ4n) is 3.50. The molecule has 0 aliphatic carbocycles. The first-order chi connectivity index (χ1) is 15.3. The Morgan fingerprint density at radius 3 is 2.12 bits per heavy atom. The first-order valence-corrected chi connectivity index (χ1v) is 11.4. The molecule has 1 unspecified atom stereocenters. The van der Waals surface area contributed by atoms with Gasteiger partial charge in [-0.25, -0.2) is 13.6 Å². The fraction of sp³-hybridized carbons (Fsp3) is 0.0833. The number of carbonyl (C=O) groups is 1. The van der Waals surface area contributed by atoms with Crippen molar-refractivity contribution in [2.24, 2.45) is 5.14 Å². The quantitative estimate of drug-likeness (QED) is 0.419. The van der Waals surface area contributed by atoms with Crippen molar-refractivity contribution < 1.29 is 13.2 Å². The molecule has 4 aromatic rings. The van der Waals surface area contributed by atoms with Crippen molar-refractivity contribution in [3.05, 3.63) is 102 Å². The van der Waals surface area contributed by atoms with E-state index < -0.39 is 15.4 Å². The molecule has 0 aliphatic heterocycles. The molecule has 0 saturated heterocycles. The fourth-order valence-corrected chi connectivity index (χ4v) is 4.01. The van der Waals surface area contributed by atoms with E-state index in [0.29, 0.717) is 22.6 Å². The van der Waals surface area contributed by atoms with Crippen LogP contribution in [0, 0.1) is 0 Å². The highest BCUT2D eigenvalue weighted by Gasteiger charge is 2.39. The smallest absolute Gasteiger partial charge is 0.240 e. The molecule has 4 rings (SSSR count). The summed E-state index contributed by atoms with van der Waals surface area (Å²) in [7, 11) is -3.85. The molecule has 0 fully saturated rings. The maximum Gasteiger partial charge on any atom is 0.240 e. The van der Waals surface area contributed by atoms with Gasteiger partial charge in [-0.15, -0.1) is 0 Å². The molecule has 0 bridgehead atoms. The van der Waals surface area contributed by atoms with Crippen molar-refractivity contribution in [2.75, 3.05) is 5.32 Å². The summed E-state index contributed by atoms with van der Waals surface area (Å²) in [4.78, 5) is 13.5. The molecule has 1 aromatic heterocycles. The van der Waals surface area contributed by atoms with Gasteiger partial charge in [0.25, 0.3) is 0 Å². The molecule has 1 heterocycles. The van der Waals surface area contributed by atoms with Gasteiger partial charge in [0.05, 0.1) is 16.3 Å². The summed E-state index contributed by atoms with van der Waals surface area (Å²) in [6, 6.07) is 26.5. The van der Waals surface area contributed by atoms with Crippen molar-refractivity contribution >= 4 is 21.6 Å². The average Bonchev–Trinajstić information content (AvgIpc) is 3.30. The van der Waals surface area contributed by atoms with Crippen LogP contribution in [0.1, 0.15) is 18.2 Å². The lowest BCUT2D eigenvalue weighted by molar-refractivity contribution is -0.119. The van der Waals surface area contributed by atoms with Gasteiger partial charge in [0.2, 0.25) is 15.9 Å². The highest BCUT2D eigenvalue weighted by molar-refractivity contribution is 7.89. The molecule has 8 heteroatoms. The van der Waals surface area contributed by atoms with Crippen LogP contribution >= 0.6 is 0 Å². The minimum Gasteiger partial charge on any atom is -0.325 e. The molecule has 1 amide bonds. The normalized spacial score (nSPS) is 13.3. The van der Waals surface area contributed by atoms with E-state index in [1.165, 1.54) is 12.1 Å². The molecule has 0 radical (unpaired) electrons. The molecule has 4 N–H and O–H groups in total. The molecule has 7 nitrogen and oxygen atoms in total. The number of rotatable bonds is 6. The van der Waals surface area contributed by atoms with Gasteiger partial charge in [0.1, 0.15) is 5.41 Å². The van der Waals surface area contributed by atoms with Crippen LogP contribution in [-0.4, -0.2) is 24.5 Å². The minimum atomic E-state index is -3.85. The number of anilines is 1. The third-order valence-electron chi connectivity index (χ3n) is 5.43. The number of primary sulfonamides is 1. The van der Waals surface area contributed by atoms with Crippen LogP contribution in [0.4, 0.5) is 5.69 Å². The third kappa shape index (κ3) is 4.18. The SMILES string of the molecule is CC(C(=O)Nc1ccccc1)(c1ccc(S(N)(=O)=O)cc1)c1cc(-c2ccccc2)n[nH]1. The number of hydrogen-bond donors (Lipinski definition) is 3. The van der Waals surface area contributed by atoms with Gasteiger partial charge in [0, 0.05) is 11.3 Å². The summed E-state index contributed by atoms with van der Waals surface area (Å²) in [6.45, 7) is 1.76. The number of aromatic nitrogens is 2. The topological polar surface area (TPSA) is 118 Å². The van der Waals surface area contributed by atoms with E-state index in [0.717, 1.165) is 5.56 Å². The molecular formula is C24H22N4O3S. The highest BCUT2D eigenvalue weighted by atomic mass is 32.2. The lowest BCUT2D eigenvalue weighted by Gasteiger charge is -2.28. The highest BCUT2D eigenvalue weighted by Crippen LogP contribution is 2.34. The van der Waals surface area contributed by atoms with E-state index in [9.17, 15) is 13.2 Å². The molecule has 32 heavy (non-hydrogen) atoms. The molecule has 1 atom stereocenters. The number of para-hydroxylation sites is 1. The monoisotopic (exact) mass is 446 g/mol. The van der Waals surface area contributed by atoms with Crippen LogP contribution in [0.15, 0.2) is 95.9 Å². The predicted octanol–water partition coefficient (Wildman–Crippen LogP) is 3.67. The Kier molecular flexibility index (Phi) is 5.65. The molecule has 0 saturated carbocycles. The summed E-state index contributed by atoms with van der Waals surface area (Å²) in [5, 5.41) is 15.6. The van der Waals surface area contributed by atoms with Crippen LogP contribution in [-0.2, 0) is 20.2 Å². The number of benzene rings is 3. The summed E-state index contributed by atoms with van der Waals surface area (Å²) >= 11 is 0. The van der Waals surface area contributed by atoms with Crippen LogP contribution in [0.3, 0.4) is 0 Å². The number of aromatic amines is 1. The Hall–Kier alpha value is -3.75. The van der Waals surface area contributed by atoms with Crippen LogP contribution < -0.4 is 10.5 Å². The molecule has 0 aliphatic rings. The number of amides is 1. The van der Waals surface area contributed by atoms with Crippen LogP contribution in [0.2, 0.25) is 0 Å². The van der Waals surface area contributed by atoms with Crippen molar-refractivity contribution in [1.82, 2.24) is 10.2 Å². The summed E-state index contributed by atoms with van der Waals surface area (Å²) in [6.07, 6.45) is 0. The molecule has 0 spiro atoms. The second-order valence-corrected chi connectivity index (χ2v) is 9.11. The van der Waals surface area contributed by atoms with Crippen molar-refractivity contribution in [3.8, 4) is 11.3 Å². The number of nitrogens with two attached hydrogens (primary N) is 1. The lowest BCUT2D eigenvalue weighted by atomic mass is 9.78. The zero-order valence-electron chi connectivity index (χ0n) is 17.3. The maximum absolute atomic E-state index is 13.6. The number of carbonyl (C=O) groups excluding carboxylic acids is 1. The van der Waals surface area contributed by atoms with E-state index in [2.05, 4.69) is 15.5 Å². The number of hydrogen-bond acceptors (Lipinski definition) is 4. The maximum atomic E-state index is 13.6. The first-order valence-electron chi connectivity index (χ1n) is 9.89. The third-order valence-corrected chi connectivity index (χ3v) is 6.36. The number of nitrogens with zero attached hydrogens (tertiary/aromatic N) is 1. The zero-order valence-corrected chi connectivity index (χ0v) is 18.1.